The van der Waals surface area contributed by atoms with Crippen molar-refractivity contribution in [3.05, 3.63) is 69.4 Å². The molecule has 1 atom stereocenters. The number of aliphatic hydroxyl groups excluding tert-OH is 1. The van der Waals surface area contributed by atoms with Crippen LogP contribution in [0.2, 0.25) is 0 Å². The maximum absolute atomic E-state index is 13.3. The van der Waals surface area contributed by atoms with E-state index in [9.17, 15) is 4.39 Å². The lowest BCUT2D eigenvalue weighted by Gasteiger charge is -2.15. The molecule has 0 radical (unpaired) electrons. The largest absolute Gasteiger partial charge is 0.392 e. The summed E-state index contributed by atoms with van der Waals surface area (Å²) in [5.41, 5.74) is 2.47. The molecule has 2 rings (SSSR count). The lowest BCUT2D eigenvalue weighted by Crippen LogP contribution is -2.18. The Morgan fingerprint density at radius 1 is 1.25 bits per heavy atom. The van der Waals surface area contributed by atoms with Gasteiger partial charge in [-0.15, -0.1) is 0 Å². The van der Waals surface area contributed by atoms with Gasteiger partial charge in [0.15, 0.2) is 0 Å². The van der Waals surface area contributed by atoms with Gasteiger partial charge in [-0.2, -0.15) is 0 Å². The molecule has 0 spiro atoms. The number of hydrogen-bond donors (Lipinski definition) is 2. The van der Waals surface area contributed by atoms with Crippen molar-refractivity contribution < 1.29 is 9.50 Å². The Labute approximate surface area is 126 Å². The second kappa shape index (κ2) is 6.97. The van der Waals surface area contributed by atoms with Crippen molar-refractivity contribution >= 4 is 15.9 Å². The lowest BCUT2D eigenvalue weighted by atomic mass is 10.1. The van der Waals surface area contributed by atoms with E-state index in [1.54, 1.807) is 12.1 Å². The Bertz CT molecular complexity index is 588. The second-order valence-electron chi connectivity index (χ2n) is 4.74. The van der Waals surface area contributed by atoms with Crippen LogP contribution in [0, 0.1) is 5.82 Å². The Kier molecular flexibility index (Phi) is 5.29. The van der Waals surface area contributed by atoms with Crippen molar-refractivity contribution in [2.24, 2.45) is 0 Å². The Balaban J connectivity index is 2.01. The number of hydrogen-bond acceptors (Lipinski definition) is 2. The number of rotatable bonds is 5. The first-order chi connectivity index (χ1) is 9.60. The molecular formula is C16H17BrFNO. The molecule has 0 saturated heterocycles. The van der Waals surface area contributed by atoms with Gasteiger partial charge in [0.2, 0.25) is 0 Å². The first kappa shape index (κ1) is 15.2. The quantitative estimate of drug-likeness (QED) is 0.866. The van der Waals surface area contributed by atoms with Crippen LogP contribution in [-0.4, -0.2) is 5.11 Å². The normalized spacial score (nSPS) is 12.4. The first-order valence-corrected chi connectivity index (χ1v) is 7.26. The zero-order valence-electron chi connectivity index (χ0n) is 11.2. The summed E-state index contributed by atoms with van der Waals surface area (Å²) < 4.78 is 14.3. The summed E-state index contributed by atoms with van der Waals surface area (Å²) in [6, 6.07) is 13.1. The molecule has 2 aromatic rings. The molecule has 0 aliphatic rings. The molecule has 2 aromatic carbocycles. The van der Waals surface area contributed by atoms with E-state index in [-0.39, 0.29) is 18.5 Å². The minimum absolute atomic E-state index is 0.190. The average Bonchev–Trinajstić information content (AvgIpc) is 2.46. The topological polar surface area (TPSA) is 32.3 Å². The van der Waals surface area contributed by atoms with Gasteiger partial charge < -0.3 is 10.4 Å². The molecule has 20 heavy (non-hydrogen) atoms. The van der Waals surface area contributed by atoms with Gasteiger partial charge in [-0.05, 0) is 42.3 Å². The van der Waals surface area contributed by atoms with E-state index >= 15 is 0 Å². The van der Waals surface area contributed by atoms with E-state index in [2.05, 4.69) is 40.3 Å². The minimum Gasteiger partial charge on any atom is -0.392 e. The fourth-order valence-electron chi connectivity index (χ4n) is 2.02. The zero-order valence-corrected chi connectivity index (χ0v) is 12.8. The molecule has 4 heteroatoms. The minimum atomic E-state index is -0.365. The van der Waals surface area contributed by atoms with E-state index in [4.69, 9.17) is 5.11 Å². The summed E-state index contributed by atoms with van der Waals surface area (Å²) in [7, 11) is 0. The number of nitrogens with one attached hydrogen (secondary N) is 1. The molecule has 2 N–H and O–H groups in total. The molecule has 0 aliphatic heterocycles. The standard InChI is InChI=1S/C16H17BrFNO/c1-11(13-3-2-4-15(17)8-13)19-9-12-5-6-16(18)14(7-12)10-20/h2-8,11,19-20H,9-10H2,1H3. The fourth-order valence-corrected chi connectivity index (χ4v) is 2.44. The molecule has 0 heterocycles. The van der Waals surface area contributed by atoms with Crippen LogP contribution in [-0.2, 0) is 13.2 Å². The average molecular weight is 338 g/mol. The first-order valence-electron chi connectivity index (χ1n) is 6.47. The second-order valence-corrected chi connectivity index (χ2v) is 5.66. The van der Waals surface area contributed by atoms with Crippen LogP contribution in [0.5, 0.6) is 0 Å². The molecule has 0 aromatic heterocycles. The number of benzene rings is 2. The van der Waals surface area contributed by atoms with Crippen molar-refractivity contribution in [3.8, 4) is 0 Å². The molecule has 2 nitrogen and oxygen atoms in total. The molecule has 0 amide bonds. The van der Waals surface area contributed by atoms with Crippen molar-refractivity contribution in [1.82, 2.24) is 5.32 Å². The zero-order chi connectivity index (χ0) is 14.5. The van der Waals surface area contributed by atoms with E-state index in [0.717, 1.165) is 10.0 Å². The number of aliphatic hydroxyl groups is 1. The van der Waals surface area contributed by atoms with Crippen molar-refractivity contribution in [3.63, 3.8) is 0 Å². The molecule has 0 aliphatic carbocycles. The summed E-state index contributed by atoms with van der Waals surface area (Å²) in [4.78, 5) is 0. The molecule has 1 unspecified atom stereocenters. The van der Waals surface area contributed by atoms with Gasteiger partial charge in [-0.25, -0.2) is 4.39 Å². The van der Waals surface area contributed by atoms with Gasteiger partial charge in [0, 0.05) is 22.6 Å². The molecular weight excluding hydrogens is 321 g/mol. The van der Waals surface area contributed by atoms with Gasteiger partial charge in [-0.1, -0.05) is 34.1 Å². The Hall–Kier alpha value is -1.23. The van der Waals surface area contributed by atoms with E-state index < -0.39 is 0 Å². The van der Waals surface area contributed by atoms with Crippen LogP contribution in [0.1, 0.15) is 29.7 Å². The highest BCUT2D eigenvalue weighted by molar-refractivity contribution is 9.10. The summed E-state index contributed by atoms with van der Waals surface area (Å²) in [6.45, 7) is 2.43. The van der Waals surface area contributed by atoms with Crippen LogP contribution in [0.25, 0.3) is 0 Å². The Morgan fingerprint density at radius 2 is 2.05 bits per heavy atom. The summed E-state index contributed by atoms with van der Waals surface area (Å²) in [5.74, 6) is -0.365. The maximum atomic E-state index is 13.3. The van der Waals surface area contributed by atoms with E-state index in [1.807, 2.05) is 12.1 Å². The molecule has 0 saturated carbocycles. The van der Waals surface area contributed by atoms with Crippen molar-refractivity contribution in [2.45, 2.75) is 26.1 Å². The molecule has 0 bridgehead atoms. The van der Waals surface area contributed by atoms with Crippen molar-refractivity contribution in [1.29, 1.82) is 0 Å². The highest BCUT2D eigenvalue weighted by atomic mass is 79.9. The predicted octanol–water partition coefficient (Wildman–Crippen LogP) is 3.93. The number of halogens is 2. The van der Waals surface area contributed by atoms with Crippen molar-refractivity contribution in [2.75, 3.05) is 0 Å². The summed E-state index contributed by atoms with van der Waals surface area (Å²) >= 11 is 3.46. The molecule has 106 valence electrons. The van der Waals surface area contributed by atoms with Crippen LogP contribution >= 0.6 is 15.9 Å². The lowest BCUT2D eigenvalue weighted by molar-refractivity contribution is 0.275. The van der Waals surface area contributed by atoms with Crippen LogP contribution in [0.4, 0.5) is 4.39 Å². The van der Waals surface area contributed by atoms with Crippen LogP contribution in [0.15, 0.2) is 46.9 Å². The molecule has 0 fully saturated rings. The maximum Gasteiger partial charge on any atom is 0.128 e. The third kappa shape index (κ3) is 3.88. The van der Waals surface area contributed by atoms with E-state index in [1.165, 1.54) is 11.6 Å². The van der Waals surface area contributed by atoms with Gasteiger partial charge >= 0.3 is 0 Å². The van der Waals surface area contributed by atoms with Gasteiger partial charge in [-0.3, -0.25) is 0 Å². The fraction of sp³-hybridized carbons (Fsp3) is 0.250. The SMILES string of the molecule is CC(NCc1ccc(F)c(CO)c1)c1cccc(Br)c1. The van der Waals surface area contributed by atoms with Gasteiger partial charge in [0.25, 0.3) is 0 Å². The predicted molar refractivity (Wildman–Crippen MR) is 81.7 cm³/mol. The third-order valence-corrected chi connectivity index (χ3v) is 3.73. The van der Waals surface area contributed by atoms with Crippen LogP contribution < -0.4 is 5.32 Å². The van der Waals surface area contributed by atoms with Gasteiger partial charge in [0.05, 0.1) is 6.61 Å². The van der Waals surface area contributed by atoms with Gasteiger partial charge in [0.1, 0.15) is 5.82 Å². The van der Waals surface area contributed by atoms with Crippen LogP contribution in [0.3, 0.4) is 0 Å². The monoisotopic (exact) mass is 337 g/mol. The summed E-state index contributed by atoms with van der Waals surface area (Å²) in [6.07, 6.45) is 0. The smallest absolute Gasteiger partial charge is 0.128 e. The highest BCUT2D eigenvalue weighted by Gasteiger charge is 2.07. The third-order valence-electron chi connectivity index (χ3n) is 3.24. The summed E-state index contributed by atoms with van der Waals surface area (Å²) in [5, 5.41) is 12.5. The highest BCUT2D eigenvalue weighted by Crippen LogP contribution is 2.18. The Morgan fingerprint density at radius 3 is 2.75 bits per heavy atom. The van der Waals surface area contributed by atoms with E-state index in [0.29, 0.717) is 12.1 Å².